The molecule has 4 nitrogen and oxygen atoms in total. The second-order valence-electron chi connectivity index (χ2n) is 8.58. The molecule has 1 atom stereocenters. The fourth-order valence-electron chi connectivity index (χ4n) is 4.26. The highest BCUT2D eigenvalue weighted by Crippen LogP contribution is 2.24. The fourth-order valence-corrected chi connectivity index (χ4v) is 4.26. The van der Waals surface area contributed by atoms with Crippen LogP contribution < -0.4 is 4.74 Å². The van der Waals surface area contributed by atoms with E-state index < -0.39 is 0 Å². The van der Waals surface area contributed by atoms with E-state index in [2.05, 4.69) is 59.3 Å². The van der Waals surface area contributed by atoms with E-state index in [1.54, 1.807) is 0 Å². The first-order chi connectivity index (χ1) is 15.3. The summed E-state index contributed by atoms with van der Waals surface area (Å²) in [6, 6.07) is 17.4. The standard InChI is InChI=1S/C27H34N2O2/c1-22(5-2-6-24-7-3-13-28-21-24)31-27-12-11-25-19-23(9-10-26(25)20-27)8-4-14-29-15-17-30-18-16-29/h3,7,9-13,19-22H,2,4-6,8,14-18H2,1H3. The lowest BCUT2D eigenvalue weighted by Gasteiger charge is -2.26. The molecule has 2 heterocycles. The monoisotopic (exact) mass is 418 g/mol. The first kappa shape index (κ1) is 21.8. The zero-order valence-corrected chi connectivity index (χ0v) is 18.6. The van der Waals surface area contributed by atoms with Crippen LogP contribution in [-0.2, 0) is 17.6 Å². The van der Waals surface area contributed by atoms with Gasteiger partial charge in [-0.05, 0) is 85.7 Å². The highest BCUT2D eigenvalue weighted by atomic mass is 16.5. The van der Waals surface area contributed by atoms with Gasteiger partial charge in [-0.2, -0.15) is 0 Å². The average molecular weight is 419 g/mol. The van der Waals surface area contributed by atoms with Crippen LogP contribution in [-0.4, -0.2) is 48.8 Å². The third-order valence-electron chi connectivity index (χ3n) is 6.06. The van der Waals surface area contributed by atoms with Gasteiger partial charge in [-0.3, -0.25) is 9.88 Å². The van der Waals surface area contributed by atoms with Crippen molar-refractivity contribution in [2.45, 2.75) is 45.1 Å². The highest BCUT2D eigenvalue weighted by molar-refractivity contribution is 5.84. The number of ether oxygens (including phenoxy) is 2. The van der Waals surface area contributed by atoms with E-state index >= 15 is 0 Å². The molecular weight excluding hydrogens is 384 g/mol. The number of aromatic nitrogens is 1. The largest absolute Gasteiger partial charge is 0.491 e. The lowest BCUT2D eigenvalue weighted by molar-refractivity contribution is 0.0375. The Morgan fingerprint density at radius 1 is 0.968 bits per heavy atom. The van der Waals surface area contributed by atoms with E-state index in [1.807, 2.05) is 18.5 Å². The summed E-state index contributed by atoms with van der Waals surface area (Å²) in [5, 5.41) is 2.54. The second kappa shape index (κ2) is 11.3. The summed E-state index contributed by atoms with van der Waals surface area (Å²) in [5.74, 6) is 0.960. The topological polar surface area (TPSA) is 34.6 Å². The number of fused-ring (bicyclic) bond motifs is 1. The van der Waals surface area contributed by atoms with E-state index in [1.165, 1.54) is 28.3 Å². The summed E-state index contributed by atoms with van der Waals surface area (Å²) in [6.45, 7) is 7.22. The maximum atomic E-state index is 6.19. The SMILES string of the molecule is CC(CCCc1cccnc1)Oc1ccc2cc(CCCN3CCOCC3)ccc2c1. The van der Waals surface area contributed by atoms with Crippen molar-refractivity contribution in [3.63, 3.8) is 0 Å². The van der Waals surface area contributed by atoms with Crippen LogP contribution in [0.5, 0.6) is 5.75 Å². The molecule has 4 rings (SSSR count). The van der Waals surface area contributed by atoms with Gasteiger partial charge in [0, 0.05) is 25.5 Å². The lowest BCUT2D eigenvalue weighted by atomic mass is 10.0. The molecule has 2 aromatic carbocycles. The number of rotatable bonds is 10. The van der Waals surface area contributed by atoms with Crippen LogP contribution in [0.2, 0.25) is 0 Å². The zero-order chi connectivity index (χ0) is 21.3. The lowest BCUT2D eigenvalue weighted by Crippen LogP contribution is -2.36. The van der Waals surface area contributed by atoms with Crippen LogP contribution >= 0.6 is 0 Å². The maximum Gasteiger partial charge on any atom is 0.120 e. The minimum atomic E-state index is 0.202. The van der Waals surface area contributed by atoms with Gasteiger partial charge < -0.3 is 9.47 Å². The fraction of sp³-hybridized carbons (Fsp3) is 0.444. The van der Waals surface area contributed by atoms with E-state index in [4.69, 9.17) is 9.47 Å². The summed E-state index contributed by atoms with van der Waals surface area (Å²) in [5.41, 5.74) is 2.71. The summed E-state index contributed by atoms with van der Waals surface area (Å²) in [4.78, 5) is 6.69. The molecule has 4 heteroatoms. The molecule has 0 saturated carbocycles. The third-order valence-corrected chi connectivity index (χ3v) is 6.06. The molecule has 1 fully saturated rings. The first-order valence-electron chi connectivity index (χ1n) is 11.6. The van der Waals surface area contributed by atoms with Crippen molar-refractivity contribution in [3.05, 3.63) is 72.1 Å². The van der Waals surface area contributed by atoms with Crippen LogP contribution in [0, 0.1) is 0 Å². The van der Waals surface area contributed by atoms with Crippen molar-refractivity contribution >= 4 is 10.8 Å². The highest BCUT2D eigenvalue weighted by Gasteiger charge is 2.10. The summed E-state index contributed by atoms with van der Waals surface area (Å²) in [7, 11) is 0. The van der Waals surface area contributed by atoms with Crippen LogP contribution in [0.3, 0.4) is 0 Å². The molecule has 1 aliphatic rings. The molecule has 1 aliphatic heterocycles. The van der Waals surface area contributed by atoms with Crippen LogP contribution in [0.4, 0.5) is 0 Å². The van der Waals surface area contributed by atoms with Gasteiger partial charge in [-0.1, -0.05) is 30.3 Å². The third kappa shape index (κ3) is 6.78. The van der Waals surface area contributed by atoms with E-state index in [0.29, 0.717) is 0 Å². The Kier molecular flexibility index (Phi) is 7.92. The summed E-state index contributed by atoms with van der Waals surface area (Å²) < 4.78 is 11.6. The molecule has 1 unspecified atom stereocenters. The summed E-state index contributed by atoms with van der Waals surface area (Å²) in [6.07, 6.45) is 9.49. The molecule has 0 bridgehead atoms. The van der Waals surface area contributed by atoms with Gasteiger partial charge in [0.1, 0.15) is 5.75 Å². The molecular formula is C27H34N2O2. The van der Waals surface area contributed by atoms with Crippen molar-refractivity contribution < 1.29 is 9.47 Å². The van der Waals surface area contributed by atoms with Crippen molar-refractivity contribution in [3.8, 4) is 5.75 Å². The number of hydrogen-bond acceptors (Lipinski definition) is 4. The number of nitrogens with zero attached hydrogens (tertiary/aromatic N) is 2. The van der Waals surface area contributed by atoms with Gasteiger partial charge in [0.05, 0.1) is 19.3 Å². The van der Waals surface area contributed by atoms with Gasteiger partial charge in [0.15, 0.2) is 0 Å². The van der Waals surface area contributed by atoms with Crippen molar-refractivity contribution in [1.82, 2.24) is 9.88 Å². The Hall–Kier alpha value is -2.43. The zero-order valence-electron chi connectivity index (χ0n) is 18.6. The van der Waals surface area contributed by atoms with Gasteiger partial charge >= 0.3 is 0 Å². The van der Waals surface area contributed by atoms with Gasteiger partial charge in [0.25, 0.3) is 0 Å². The number of hydrogen-bond donors (Lipinski definition) is 0. The van der Waals surface area contributed by atoms with E-state index in [-0.39, 0.29) is 6.10 Å². The smallest absolute Gasteiger partial charge is 0.120 e. The molecule has 0 N–H and O–H groups in total. The Balaban J connectivity index is 1.25. The molecule has 164 valence electrons. The van der Waals surface area contributed by atoms with Crippen LogP contribution in [0.1, 0.15) is 37.3 Å². The Bertz CT molecular complexity index is 938. The van der Waals surface area contributed by atoms with Crippen LogP contribution in [0.25, 0.3) is 10.8 Å². The predicted octanol–water partition coefficient (Wildman–Crippen LogP) is 5.29. The maximum absolute atomic E-state index is 6.19. The molecule has 0 amide bonds. The normalized spacial score (nSPS) is 15.8. The van der Waals surface area contributed by atoms with Crippen molar-refractivity contribution in [1.29, 1.82) is 0 Å². The number of aryl methyl sites for hydroxylation is 2. The molecule has 1 saturated heterocycles. The molecule has 0 spiro atoms. The Labute approximate surface area is 186 Å². The first-order valence-corrected chi connectivity index (χ1v) is 11.6. The minimum absolute atomic E-state index is 0.202. The van der Waals surface area contributed by atoms with Crippen LogP contribution in [0.15, 0.2) is 60.9 Å². The van der Waals surface area contributed by atoms with E-state index in [9.17, 15) is 0 Å². The number of benzene rings is 2. The van der Waals surface area contributed by atoms with Crippen molar-refractivity contribution in [2.24, 2.45) is 0 Å². The summed E-state index contributed by atoms with van der Waals surface area (Å²) >= 11 is 0. The van der Waals surface area contributed by atoms with Crippen molar-refractivity contribution in [2.75, 3.05) is 32.8 Å². The van der Waals surface area contributed by atoms with Gasteiger partial charge in [-0.15, -0.1) is 0 Å². The quantitative estimate of drug-likeness (QED) is 0.448. The van der Waals surface area contributed by atoms with Gasteiger partial charge in [0.2, 0.25) is 0 Å². The van der Waals surface area contributed by atoms with Gasteiger partial charge in [-0.25, -0.2) is 0 Å². The predicted molar refractivity (Wildman–Crippen MR) is 127 cm³/mol. The molecule has 3 aromatic rings. The molecule has 0 aliphatic carbocycles. The average Bonchev–Trinajstić information content (AvgIpc) is 2.80. The molecule has 31 heavy (non-hydrogen) atoms. The number of pyridine rings is 1. The Morgan fingerprint density at radius 3 is 2.61 bits per heavy atom. The second-order valence-corrected chi connectivity index (χ2v) is 8.58. The van der Waals surface area contributed by atoms with E-state index in [0.717, 1.165) is 64.3 Å². The number of morpholine rings is 1. The molecule has 1 aromatic heterocycles. The molecule has 0 radical (unpaired) electrons. The Morgan fingerprint density at radius 2 is 1.77 bits per heavy atom. The minimum Gasteiger partial charge on any atom is -0.491 e.